The second kappa shape index (κ2) is 8.53. The molecule has 1 saturated carbocycles. The number of carbonyl (C=O) groups is 3. The van der Waals surface area contributed by atoms with Crippen LogP contribution in [0, 0.1) is 11.2 Å². The highest BCUT2D eigenvalue weighted by atomic mass is 19.1. The molecule has 0 aromatic heterocycles. The molecule has 2 aromatic carbocycles. The zero-order valence-corrected chi connectivity index (χ0v) is 17.8. The Balaban J connectivity index is 1.59. The molecule has 166 valence electrons. The van der Waals surface area contributed by atoms with E-state index in [1.807, 2.05) is 18.2 Å². The minimum absolute atomic E-state index is 0.119. The number of benzene rings is 2. The highest BCUT2D eigenvalue weighted by Gasteiger charge is 2.46. The second-order valence-corrected chi connectivity index (χ2v) is 8.36. The summed E-state index contributed by atoms with van der Waals surface area (Å²) in [4.78, 5) is 38.6. The third-order valence-corrected chi connectivity index (χ3v) is 6.25. The van der Waals surface area contributed by atoms with Crippen LogP contribution < -0.4 is 15.5 Å². The molecule has 8 heteroatoms. The van der Waals surface area contributed by atoms with E-state index in [4.69, 9.17) is 5.41 Å². The van der Waals surface area contributed by atoms with Gasteiger partial charge in [-0.25, -0.2) is 4.39 Å². The van der Waals surface area contributed by atoms with E-state index in [1.165, 1.54) is 24.0 Å². The highest BCUT2D eigenvalue weighted by molar-refractivity contribution is 6.43. The van der Waals surface area contributed by atoms with E-state index in [-0.39, 0.29) is 11.7 Å². The molecule has 7 nitrogen and oxygen atoms in total. The molecule has 1 aliphatic carbocycles. The molecule has 0 radical (unpaired) electrons. The molecule has 0 saturated heterocycles. The quantitative estimate of drug-likeness (QED) is 0.508. The molecule has 0 bridgehead atoms. The first-order valence-corrected chi connectivity index (χ1v) is 10.7. The van der Waals surface area contributed by atoms with Gasteiger partial charge in [-0.1, -0.05) is 18.6 Å². The van der Waals surface area contributed by atoms with Crippen LogP contribution in [0.3, 0.4) is 0 Å². The van der Waals surface area contributed by atoms with Crippen LogP contribution in [0.25, 0.3) is 0 Å². The van der Waals surface area contributed by atoms with E-state index in [1.54, 1.807) is 12.1 Å². The summed E-state index contributed by atoms with van der Waals surface area (Å²) < 4.78 is 13.2. The zero-order chi connectivity index (χ0) is 22.9. The number of amidine groups is 1. The van der Waals surface area contributed by atoms with Crippen molar-refractivity contribution in [2.24, 2.45) is 0 Å². The molecule has 0 unspecified atom stereocenters. The maximum Gasteiger partial charge on any atom is 0.293 e. The normalized spacial score (nSPS) is 16.4. The van der Waals surface area contributed by atoms with Crippen LogP contribution in [-0.2, 0) is 26.2 Å². The second-order valence-electron chi connectivity index (χ2n) is 8.36. The van der Waals surface area contributed by atoms with Gasteiger partial charge < -0.3 is 15.5 Å². The fourth-order valence-corrected chi connectivity index (χ4v) is 4.43. The lowest BCUT2D eigenvalue weighted by atomic mass is 9.63. The smallest absolute Gasteiger partial charge is 0.293 e. The Kier molecular flexibility index (Phi) is 5.78. The average molecular weight is 436 g/mol. The first-order chi connectivity index (χ1) is 15.3. The van der Waals surface area contributed by atoms with Gasteiger partial charge in [-0.15, -0.1) is 0 Å². The lowest BCUT2D eigenvalue weighted by Gasteiger charge is -2.41. The van der Waals surface area contributed by atoms with E-state index >= 15 is 0 Å². The van der Waals surface area contributed by atoms with E-state index in [2.05, 4.69) is 10.6 Å². The summed E-state index contributed by atoms with van der Waals surface area (Å²) >= 11 is 0. The van der Waals surface area contributed by atoms with Crippen molar-refractivity contribution in [3.8, 4) is 0 Å². The number of fused-ring (bicyclic) bond motifs is 1. The molecule has 32 heavy (non-hydrogen) atoms. The van der Waals surface area contributed by atoms with E-state index in [0.29, 0.717) is 30.8 Å². The van der Waals surface area contributed by atoms with E-state index in [0.717, 1.165) is 30.4 Å². The van der Waals surface area contributed by atoms with Gasteiger partial charge in [-0.2, -0.15) is 0 Å². The fourth-order valence-electron chi connectivity index (χ4n) is 4.43. The maximum absolute atomic E-state index is 13.2. The van der Waals surface area contributed by atoms with Crippen molar-refractivity contribution in [1.82, 2.24) is 5.32 Å². The third-order valence-electron chi connectivity index (χ3n) is 6.25. The van der Waals surface area contributed by atoms with Gasteiger partial charge in [-0.05, 0) is 67.1 Å². The van der Waals surface area contributed by atoms with Crippen LogP contribution in [0.5, 0.6) is 0 Å². The predicted molar refractivity (Wildman–Crippen MR) is 119 cm³/mol. The SMILES string of the molecule is CC(=O)NC(=N)C(=O)N1CCCc2cc(C3(C(=O)Nc4ccc(F)cc4)CCC3)ccc21. The van der Waals surface area contributed by atoms with Gasteiger partial charge in [0.05, 0.1) is 5.41 Å². The Morgan fingerprint density at radius 3 is 2.41 bits per heavy atom. The van der Waals surface area contributed by atoms with Crippen molar-refractivity contribution in [2.45, 2.75) is 44.4 Å². The van der Waals surface area contributed by atoms with Gasteiger partial charge in [0.25, 0.3) is 5.91 Å². The maximum atomic E-state index is 13.2. The number of hydrogen-bond acceptors (Lipinski definition) is 4. The molecule has 2 aromatic rings. The van der Waals surface area contributed by atoms with Gasteiger partial charge in [0.1, 0.15) is 5.82 Å². The molecule has 1 heterocycles. The van der Waals surface area contributed by atoms with Crippen LogP contribution >= 0.6 is 0 Å². The van der Waals surface area contributed by atoms with E-state index in [9.17, 15) is 18.8 Å². The summed E-state index contributed by atoms with van der Waals surface area (Å²) in [5.41, 5.74) is 2.44. The first kappa shape index (κ1) is 21.7. The van der Waals surface area contributed by atoms with Gasteiger partial charge in [-0.3, -0.25) is 19.8 Å². The molecule has 0 spiro atoms. The summed E-state index contributed by atoms with van der Waals surface area (Å²) in [7, 11) is 0. The van der Waals surface area contributed by atoms with E-state index < -0.39 is 23.1 Å². The molecular weight excluding hydrogens is 411 g/mol. The largest absolute Gasteiger partial charge is 0.325 e. The third kappa shape index (κ3) is 4.00. The van der Waals surface area contributed by atoms with Crippen LogP contribution in [-0.4, -0.2) is 30.1 Å². The fraction of sp³-hybridized carbons (Fsp3) is 0.333. The van der Waals surface area contributed by atoms with Gasteiger partial charge in [0, 0.05) is 24.8 Å². The molecule has 0 atom stereocenters. The first-order valence-electron chi connectivity index (χ1n) is 10.7. The standard InChI is InChI=1S/C24H25FN4O3/c1-15(30)27-21(26)22(31)29-13-2-4-16-14-17(5-10-20(16)29)24(11-3-12-24)23(32)28-19-8-6-18(25)7-9-19/h5-10,14H,2-4,11-13H2,1H3,(H,28,32)(H2,26,27,30). The number of rotatable bonds is 3. The van der Waals surface area contributed by atoms with Crippen molar-refractivity contribution in [2.75, 3.05) is 16.8 Å². The van der Waals surface area contributed by atoms with Crippen molar-refractivity contribution >= 4 is 34.9 Å². The minimum Gasteiger partial charge on any atom is -0.325 e. The molecule has 1 fully saturated rings. The molecule has 3 N–H and O–H groups in total. The number of nitrogens with zero attached hydrogens (tertiary/aromatic N) is 1. The summed E-state index contributed by atoms with van der Waals surface area (Å²) in [6.45, 7) is 1.72. The Morgan fingerprint density at radius 2 is 1.78 bits per heavy atom. The predicted octanol–water partition coefficient (Wildman–Crippen LogP) is 3.28. The molecule has 3 amide bonds. The number of hydrogen-bond donors (Lipinski definition) is 3. The number of anilines is 2. The van der Waals surface area contributed by atoms with Gasteiger partial charge >= 0.3 is 0 Å². The zero-order valence-electron chi connectivity index (χ0n) is 17.8. The van der Waals surface area contributed by atoms with Gasteiger partial charge in [0.15, 0.2) is 5.84 Å². The monoisotopic (exact) mass is 436 g/mol. The Labute approximate surface area is 185 Å². The Bertz CT molecular complexity index is 1090. The van der Waals surface area contributed by atoms with Crippen molar-refractivity contribution in [1.29, 1.82) is 5.41 Å². The summed E-state index contributed by atoms with van der Waals surface area (Å²) in [6.07, 6.45) is 3.86. The lowest BCUT2D eigenvalue weighted by molar-refractivity contribution is -0.124. The molecular formula is C24H25FN4O3. The van der Waals surface area contributed by atoms with Crippen LogP contribution in [0.1, 0.15) is 43.7 Å². The van der Waals surface area contributed by atoms with Crippen LogP contribution in [0.15, 0.2) is 42.5 Å². The van der Waals surface area contributed by atoms with Gasteiger partial charge in [0.2, 0.25) is 11.8 Å². The van der Waals surface area contributed by atoms with Crippen molar-refractivity contribution < 1.29 is 18.8 Å². The Morgan fingerprint density at radius 1 is 1.06 bits per heavy atom. The van der Waals surface area contributed by atoms with Crippen molar-refractivity contribution in [3.63, 3.8) is 0 Å². The minimum atomic E-state index is -0.654. The summed E-state index contributed by atoms with van der Waals surface area (Å²) in [6, 6.07) is 11.4. The molecule has 4 rings (SSSR count). The topological polar surface area (TPSA) is 102 Å². The molecule has 2 aliphatic rings. The number of nitrogens with one attached hydrogen (secondary N) is 3. The number of aryl methyl sites for hydroxylation is 1. The number of halogens is 1. The van der Waals surface area contributed by atoms with Crippen molar-refractivity contribution in [3.05, 3.63) is 59.4 Å². The number of carbonyl (C=O) groups excluding carboxylic acids is 3. The summed E-state index contributed by atoms with van der Waals surface area (Å²) in [5, 5.41) is 13.0. The lowest BCUT2D eigenvalue weighted by Crippen LogP contribution is -2.47. The molecule has 1 aliphatic heterocycles. The van der Waals surface area contributed by atoms with Crippen LogP contribution in [0.2, 0.25) is 0 Å². The number of amides is 3. The van der Waals surface area contributed by atoms with Crippen LogP contribution in [0.4, 0.5) is 15.8 Å². The summed E-state index contributed by atoms with van der Waals surface area (Å²) in [5.74, 6) is -1.95. The Hall–Kier alpha value is -3.55. The average Bonchev–Trinajstić information content (AvgIpc) is 2.73. The highest BCUT2D eigenvalue weighted by Crippen LogP contribution is 2.46.